The molecule has 2 saturated heterocycles. The molecule has 8 nitrogen and oxygen atoms in total. The maximum atomic E-state index is 13.1. The summed E-state index contributed by atoms with van der Waals surface area (Å²) < 4.78 is 56.5. The largest absolute Gasteiger partial charge is 0.573 e. The number of ether oxygens (including phenoxy) is 2. The van der Waals surface area contributed by atoms with E-state index in [9.17, 15) is 23.1 Å². The molecule has 0 amide bonds. The van der Waals surface area contributed by atoms with Crippen LogP contribution in [-0.4, -0.2) is 45.8 Å². The number of anilines is 1. The first-order chi connectivity index (χ1) is 20.7. The highest BCUT2D eigenvalue weighted by atomic mass is 32.1. The fourth-order valence-corrected chi connectivity index (χ4v) is 7.53. The molecule has 222 valence electrons. The Labute approximate surface area is 248 Å². The molecule has 2 bridgehead atoms. The Hall–Kier alpha value is -4.08. The number of halogens is 3. The Morgan fingerprint density at radius 3 is 2.58 bits per heavy atom. The van der Waals surface area contributed by atoms with Crippen molar-refractivity contribution in [2.75, 3.05) is 4.90 Å². The van der Waals surface area contributed by atoms with Gasteiger partial charge >= 0.3 is 12.3 Å². The van der Waals surface area contributed by atoms with Gasteiger partial charge < -0.3 is 24.0 Å². The normalized spacial score (nSPS) is 21.7. The second kappa shape index (κ2) is 10.6. The van der Waals surface area contributed by atoms with Gasteiger partial charge in [0.1, 0.15) is 17.2 Å². The van der Waals surface area contributed by atoms with Gasteiger partial charge in [-0.25, -0.2) is 9.78 Å². The van der Waals surface area contributed by atoms with Gasteiger partial charge in [-0.15, -0.1) is 19.6 Å². The molecule has 1 saturated carbocycles. The molecule has 3 aliphatic rings. The molecule has 3 fully saturated rings. The minimum absolute atomic E-state index is 0.0699. The second-order valence-electron chi connectivity index (χ2n) is 11.2. The minimum atomic E-state index is -4.84. The molecular weight excluding hydrogens is 583 g/mol. The molecule has 1 aliphatic carbocycles. The summed E-state index contributed by atoms with van der Waals surface area (Å²) in [6, 6.07) is 9.39. The number of terminal acetylenes is 1. The third kappa shape index (κ3) is 5.32. The van der Waals surface area contributed by atoms with E-state index in [-0.39, 0.29) is 47.6 Å². The van der Waals surface area contributed by atoms with Crippen LogP contribution in [0.1, 0.15) is 71.7 Å². The molecular formula is C31H26F3N3O5S. The van der Waals surface area contributed by atoms with E-state index in [0.717, 1.165) is 48.4 Å². The zero-order valence-electron chi connectivity index (χ0n) is 22.8. The van der Waals surface area contributed by atoms with E-state index in [1.54, 1.807) is 18.2 Å². The molecule has 4 aromatic rings. The zero-order chi connectivity index (χ0) is 29.9. The third-order valence-corrected chi connectivity index (χ3v) is 9.41. The number of fused-ring (bicyclic) bond motifs is 3. The van der Waals surface area contributed by atoms with Crippen LogP contribution >= 0.6 is 11.3 Å². The van der Waals surface area contributed by atoms with Crippen LogP contribution in [0.2, 0.25) is 0 Å². The van der Waals surface area contributed by atoms with E-state index in [0.29, 0.717) is 28.1 Å². The molecule has 12 heteroatoms. The van der Waals surface area contributed by atoms with Gasteiger partial charge in [-0.3, -0.25) is 0 Å². The molecule has 0 radical (unpaired) electrons. The van der Waals surface area contributed by atoms with E-state index in [2.05, 4.69) is 20.7 Å². The van der Waals surface area contributed by atoms with E-state index in [4.69, 9.17) is 20.7 Å². The number of piperidine rings is 1. The smallest absolute Gasteiger partial charge is 0.478 e. The first-order valence-electron chi connectivity index (χ1n) is 14.1. The number of hydrogen-bond donors (Lipinski definition) is 1. The van der Waals surface area contributed by atoms with Gasteiger partial charge in [0, 0.05) is 29.1 Å². The first-order valence-corrected chi connectivity index (χ1v) is 14.9. The van der Waals surface area contributed by atoms with Crippen LogP contribution in [-0.2, 0) is 11.3 Å². The average Bonchev–Trinajstić information content (AvgIpc) is 3.48. The lowest BCUT2D eigenvalue weighted by Gasteiger charge is -2.38. The number of nitrogens with zero attached hydrogens (tertiary/aromatic N) is 3. The highest BCUT2D eigenvalue weighted by Crippen LogP contribution is 2.47. The summed E-state index contributed by atoms with van der Waals surface area (Å²) in [5, 5.41) is 14.5. The van der Waals surface area contributed by atoms with Crippen molar-refractivity contribution in [1.29, 1.82) is 0 Å². The molecule has 0 spiro atoms. The Kier molecular flexibility index (Phi) is 6.82. The van der Waals surface area contributed by atoms with Crippen molar-refractivity contribution in [3.63, 3.8) is 0 Å². The fraction of sp³-hybridized carbons (Fsp3) is 0.387. The molecule has 43 heavy (non-hydrogen) atoms. The van der Waals surface area contributed by atoms with Crippen molar-refractivity contribution in [3.05, 3.63) is 58.8 Å². The molecule has 2 aromatic carbocycles. The number of alkyl halides is 3. The summed E-state index contributed by atoms with van der Waals surface area (Å²) in [7, 11) is 0. The SMILES string of the molecule is C#Cc1cc(C(=O)O)cc2sc(N3C4CCC3CC(OCc3c(-c5ccccc5OC(F)(F)F)noc3C3CC3)C4)nc12. The molecule has 2 atom stereocenters. The highest BCUT2D eigenvalue weighted by Gasteiger charge is 2.43. The summed E-state index contributed by atoms with van der Waals surface area (Å²) >= 11 is 1.44. The van der Waals surface area contributed by atoms with E-state index >= 15 is 0 Å². The Morgan fingerprint density at radius 1 is 1.16 bits per heavy atom. The van der Waals surface area contributed by atoms with Gasteiger partial charge in [0.05, 0.1) is 34.1 Å². The van der Waals surface area contributed by atoms with E-state index < -0.39 is 12.3 Å². The topological polar surface area (TPSA) is 97.9 Å². The third-order valence-electron chi connectivity index (χ3n) is 8.39. The Morgan fingerprint density at radius 2 is 1.91 bits per heavy atom. The number of rotatable bonds is 8. The van der Waals surface area contributed by atoms with Gasteiger partial charge in [-0.1, -0.05) is 34.5 Å². The summed E-state index contributed by atoms with van der Waals surface area (Å²) in [5.74, 6) is 2.04. The van der Waals surface area contributed by atoms with Gasteiger partial charge in [0.25, 0.3) is 0 Å². The number of aromatic nitrogens is 2. The van der Waals surface area contributed by atoms with Crippen molar-refractivity contribution >= 4 is 32.7 Å². The quantitative estimate of drug-likeness (QED) is 0.211. The van der Waals surface area contributed by atoms with Crippen molar-refractivity contribution in [3.8, 4) is 29.4 Å². The van der Waals surface area contributed by atoms with Crippen LogP contribution in [0.4, 0.5) is 18.3 Å². The van der Waals surface area contributed by atoms with Gasteiger partial charge in [-0.2, -0.15) is 0 Å². The number of carbonyl (C=O) groups is 1. The average molecular weight is 610 g/mol. The predicted molar refractivity (Wildman–Crippen MR) is 152 cm³/mol. The molecule has 1 N–H and O–H groups in total. The minimum Gasteiger partial charge on any atom is -0.478 e. The summed E-state index contributed by atoms with van der Waals surface area (Å²) in [6.45, 7) is 0.166. The second-order valence-corrected chi connectivity index (χ2v) is 12.2. The van der Waals surface area contributed by atoms with Crippen LogP contribution in [0, 0.1) is 12.3 Å². The number of aromatic carboxylic acids is 1. The van der Waals surface area contributed by atoms with Crippen LogP contribution in [0.25, 0.3) is 21.5 Å². The summed E-state index contributed by atoms with van der Waals surface area (Å²) in [4.78, 5) is 18.7. The van der Waals surface area contributed by atoms with Crippen LogP contribution in [0.3, 0.4) is 0 Å². The lowest BCUT2D eigenvalue weighted by molar-refractivity contribution is -0.274. The van der Waals surface area contributed by atoms with Gasteiger partial charge in [0.15, 0.2) is 5.13 Å². The van der Waals surface area contributed by atoms with E-state index in [1.165, 1.54) is 29.5 Å². The maximum absolute atomic E-state index is 13.1. The Bertz CT molecular complexity index is 1740. The van der Waals surface area contributed by atoms with E-state index in [1.807, 2.05) is 0 Å². The lowest BCUT2D eigenvalue weighted by atomic mass is 10.00. The Balaban J connectivity index is 1.11. The van der Waals surface area contributed by atoms with Crippen molar-refractivity contribution < 1.29 is 37.1 Å². The molecule has 2 aliphatic heterocycles. The zero-order valence-corrected chi connectivity index (χ0v) is 23.6. The standard InChI is InChI=1S/C31H26F3N3O5S/c1-2-16-11-18(29(38)39)12-25-26(16)35-30(43-25)37-19-9-10-20(37)14-21(13-19)40-15-23-27(36-42-28(23)17-7-8-17)22-5-3-4-6-24(22)41-31(32,33)34/h1,3-6,11-12,17,19-21H,7-10,13-15H2,(H,38,39). The number of hydrogen-bond acceptors (Lipinski definition) is 8. The van der Waals surface area contributed by atoms with Gasteiger partial charge in [0.2, 0.25) is 0 Å². The molecule has 4 heterocycles. The van der Waals surface area contributed by atoms with Gasteiger partial charge in [-0.05, 0) is 62.8 Å². The van der Waals surface area contributed by atoms with Crippen molar-refractivity contribution in [2.45, 2.75) is 75.6 Å². The number of carboxylic acids is 1. The monoisotopic (exact) mass is 609 g/mol. The summed E-state index contributed by atoms with van der Waals surface area (Å²) in [5.41, 5.74) is 2.41. The number of para-hydroxylation sites is 1. The molecule has 2 unspecified atom stereocenters. The van der Waals surface area contributed by atoms with Crippen molar-refractivity contribution in [2.24, 2.45) is 0 Å². The lowest BCUT2D eigenvalue weighted by Crippen LogP contribution is -2.45. The van der Waals surface area contributed by atoms with Crippen LogP contribution in [0.15, 0.2) is 40.9 Å². The number of carboxylic acid groups (broad SMARTS) is 1. The molecule has 7 rings (SSSR count). The first kappa shape index (κ1) is 27.7. The number of thiazole rings is 1. The predicted octanol–water partition coefficient (Wildman–Crippen LogP) is 7.12. The van der Waals surface area contributed by atoms with Crippen LogP contribution < -0.4 is 9.64 Å². The van der Waals surface area contributed by atoms with Crippen LogP contribution in [0.5, 0.6) is 5.75 Å². The summed E-state index contributed by atoms with van der Waals surface area (Å²) in [6.07, 6.45) is 6.07. The van der Waals surface area contributed by atoms with Crippen molar-refractivity contribution in [1.82, 2.24) is 10.1 Å². The number of benzene rings is 2. The fourth-order valence-electron chi connectivity index (χ4n) is 6.35. The highest BCUT2D eigenvalue weighted by molar-refractivity contribution is 7.22. The maximum Gasteiger partial charge on any atom is 0.573 e. The molecule has 2 aromatic heterocycles.